The maximum atomic E-state index is 12.3. The number of nitrogens with two attached hydrogens (primary N) is 1. The molecule has 2 aliphatic heterocycles. The van der Waals surface area contributed by atoms with Crippen LogP contribution in [0.4, 0.5) is 0 Å². The molecule has 2 amide bonds. The normalized spacial score (nSPS) is 23.1. The summed E-state index contributed by atoms with van der Waals surface area (Å²) in [5, 5.41) is 13.4. The standard InChI is InChI=1S/C16H17N3O4S.Na/c1-8-7-24-15-11(14(21)19(15)12(8)16(22)23)18-13(20)10(17)9-5-3-2-4-6-9;/h2-6,10-11,15H,7,17H2,1H3,(H,18,20)(H,22,23);/q;+1/p-1. The molecule has 1 aromatic carbocycles. The summed E-state index contributed by atoms with van der Waals surface area (Å²) in [5.41, 5.74) is 7.04. The van der Waals surface area contributed by atoms with Crippen LogP contribution in [-0.4, -0.2) is 39.9 Å². The smallest absolute Gasteiger partial charge is 0.543 e. The van der Waals surface area contributed by atoms with Crippen molar-refractivity contribution in [2.24, 2.45) is 5.73 Å². The van der Waals surface area contributed by atoms with Gasteiger partial charge in [-0.15, -0.1) is 11.8 Å². The first-order valence-corrected chi connectivity index (χ1v) is 8.43. The third-order valence-corrected chi connectivity index (χ3v) is 5.52. The van der Waals surface area contributed by atoms with Crippen molar-refractivity contribution in [2.75, 3.05) is 5.75 Å². The number of carboxylic acid groups (broad SMARTS) is 1. The van der Waals surface area contributed by atoms with Crippen molar-refractivity contribution in [3.8, 4) is 0 Å². The molecule has 0 spiro atoms. The number of carboxylic acids is 1. The van der Waals surface area contributed by atoms with Crippen molar-refractivity contribution in [2.45, 2.75) is 24.4 Å². The minimum atomic E-state index is -1.38. The number of carbonyl (C=O) groups is 3. The van der Waals surface area contributed by atoms with Gasteiger partial charge in [0.2, 0.25) is 5.91 Å². The molecule has 1 fully saturated rings. The van der Waals surface area contributed by atoms with Gasteiger partial charge in [0.05, 0.1) is 11.7 Å². The Labute approximate surface area is 171 Å². The van der Waals surface area contributed by atoms with Crippen LogP contribution >= 0.6 is 11.8 Å². The molecule has 9 heteroatoms. The quantitative estimate of drug-likeness (QED) is 0.414. The number of fused-ring (bicyclic) bond motifs is 1. The number of nitrogens with zero attached hydrogens (tertiary/aromatic N) is 1. The molecule has 0 radical (unpaired) electrons. The van der Waals surface area contributed by atoms with Crippen LogP contribution in [0.15, 0.2) is 41.6 Å². The molecular weight excluding hydrogens is 353 g/mol. The Morgan fingerprint density at radius 1 is 1.36 bits per heavy atom. The molecule has 126 valence electrons. The summed E-state index contributed by atoms with van der Waals surface area (Å²) in [4.78, 5) is 37.0. The van der Waals surface area contributed by atoms with Gasteiger partial charge in [-0.1, -0.05) is 30.3 Å². The number of thioether (sulfide) groups is 1. The molecule has 2 heterocycles. The SMILES string of the molecule is CC1=C(C(=O)[O-])N2C(=O)C(NC(=O)C(N)c3ccccc3)C2SC1.[Na+]. The number of hydrogen-bond donors (Lipinski definition) is 2. The van der Waals surface area contributed by atoms with Gasteiger partial charge in [0, 0.05) is 5.75 Å². The second-order valence-electron chi connectivity index (χ2n) is 5.70. The van der Waals surface area contributed by atoms with Gasteiger partial charge in [0.15, 0.2) is 0 Å². The summed E-state index contributed by atoms with van der Waals surface area (Å²) in [5.74, 6) is -1.84. The molecule has 0 aromatic heterocycles. The summed E-state index contributed by atoms with van der Waals surface area (Å²) < 4.78 is 0. The molecule has 0 aliphatic carbocycles. The molecule has 1 saturated heterocycles. The van der Waals surface area contributed by atoms with E-state index in [-0.39, 0.29) is 35.3 Å². The zero-order valence-electron chi connectivity index (χ0n) is 13.9. The first-order valence-electron chi connectivity index (χ1n) is 7.38. The molecule has 0 bridgehead atoms. The number of nitrogens with one attached hydrogen (secondary N) is 1. The first-order chi connectivity index (χ1) is 11.4. The third-order valence-electron chi connectivity index (χ3n) is 4.09. The van der Waals surface area contributed by atoms with E-state index >= 15 is 0 Å². The van der Waals surface area contributed by atoms with E-state index < -0.39 is 35.2 Å². The number of aliphatic carboxylic acids is 1. The van der Waals surface area contributed by atoms with Gasteiger partial charge in [-0.05, 0) is 18.1 Å². The second kappa shape index (κ2) is 7.92. The second-order valence-corrected chi connectivity index (χ2v) is 6.81. The number of rotatable bonds is 4. The van der Waals surface area contributed by atoms with Gasteiger partial charge in [-0.3, -0.25) is 14.5 Å². The summed E-state index contributed by atoms with van der Waals surface area (Å²) >= 11 is 1.40. The molecule has 3 atom stereocenters. The van der Waals surface area contributed by atoms with Crippen molar-refractivity contribution in [1.29, 1.82) is 0 Å². The Bertz CT molecular complexity index is 740. The van der Waals surface area contributed by atoms with Crippen LogP contribution in [0.2, 0.25) is 0 Å². The maximum absolute atomic E-state index is 12.3. The Morgan fingerprint density at radius 2 is 2.00 bits per heavy atom. The first kappa shape index (κ1) is 20.0. The van der Waals surface area contributed by atoms with Crippen molar-refractivity contribution in [3.05, 3.63) is 47.2 Å². The van der Waals surface area contributed by atoms with Crippen LogP contribution in [0.5, 0.6) is 0 Å². The van der Waals surface area contributed by atoms with E-state index in [1.807, 2.05) is 6.07 Å². The number of benzene rings is 1. The van der Waals surface area contributed by atoms with Gasteiger partial charge >= 0.3 is 29.6 Å². The molecule has 7 nitrogen and oxygen atoms in total. The number of hydrogen-bond acceptors (Lipinski definition) is 6. The minimum Gasteiger partial charge on any atom is -0.543 e. The number of β-lactam (4-membered cyclic amide) rings is 1. The van der Waals surface area contributed by atoms with Crippen molar-refractivity contribution in [3.63, 3.8) is 0 Å². The summed E-state index contributed by atoms with van der Waals surface area (Å²) in [6, 6.07) is 7.16. The van der Waals surface area contributed by atoms with Gasteiger partial charge in [-0.25, -0.2) is 0 Å². The largest absolute Gasteiger partial charge is 1.00 e. The zero-order chi connectivity index (χ0) is 17.4. The average molecular weight is 369 g/mol. The topological polar surface area (TPSA) is 116 Å². The minimum absolute atomic E-state index is 0. The fraction of sp³-hybridized carbons (Fsp3) is 0.312. The van der Waals surface area contributed by atoms with Crippen LogP contribution in [0.25, 0.3) is 0 Å². The van der Waals surface area contributed by atoms with Crippen LogP contribution in [0.1, 0.15) is 18.5 Å². The summed E-state index contributed by atoms with van der Waals surface area (Å²) in [6.07, 6.45) is 0. The average Bonchev–Trinajstić information content (AvgIpc) is 2.59. The molecule has 3 rings (SSSR count). The number of carbonyl (C=O) groups excluding carboxylic acids is 3. The number of amides is 2. The van der Waals surface area contributed by atoms with Crippen LogP contribution in [0.3, 0.4) is 0 Å². The Balaban J connectivity index is 0.00000225. The van der Waals surface area contributed by atoms with Gasteiger partial charge in [0.1, 0.15) is 17.5 Å². The van der Waals surface area contributed by atoms with Gasteiger partial charge < -0.3 is 21.0 Å². The van der Waals surface area contributed by atoms with E-state index in [0.717, 1.165) is 0 Å². The maximum Gasteiger partial charge on any atom is 1.00 e. The Morgan fingerprint density at radius 3 is 2.60 bits per heavy atom. The van der Waals surface area contributed by atoms with Crippen molar-refractivity contribution >= 4 is 29.5 Å². The molecule has 3 N–H and O–H groups in total. The van der Waals surface area contributed by atoms with Crippen LogP contribution in [0, 0.1) is 0 Å². The predicted molar refractivity (Wildman–Crippen MR) is 86.1 cm³/mol. The van der Waals surface area contributed by atoms with E-state index in [1.165, 1.54) is 16.7 Å². The Hall–Kier alpha value is -1.32. The van der Waals surface area contributed by atoms with E-state index in [1.54, 1.807) is 31.2 Å². The molecule has 3 unspecified atom stereocenters. The fourth-order valence-corrected chi connectivity index (χ4v) is 4.11. The van der Waals surface area contributed by atoms with Crippen molar-refractivity contribution in [1.82, 2.24) is 10.2 Å². The monoisotopic (exact) mass is 369 g/mol. The van der Waals surface area contributed by atoms with E-state index in [9.17, 15) is 19.5 Å². The van der Waals surface area contributed by atoms with Crippen molar-refractivity contribution < 1.29 is 49.0 Å². The zero-order valence-corrected chi connectivity index (χ0v) is 16.7. The van der Waals surface area contributed by atoms with Crippen LogP contribution in [-0.2, 0) is 14.4 Å². The molecule has 0 saturated carbocycles. The summed E-state index contributed by atoms with van der Waals surface area (Å²) in [6.45, 7) is 1.65. The van der Waals surface area contributed by atoms with E-state index in [2.05, 4.69) is 5.32 Å². The Kier molecular flexibility index (Phi) is 6.34. The molecular formula is C16H16N3NaO4S. The summed E-state index contributed by atoms with van der Waals surface area (Å²) in [7, 11) is 0. The third kappa shape index (κ3) is 3.63. The molecule has 1 aromatic rings. The predicted octanol–water partition coefficient (Wildman–Crippen LogP) is -3.89. The van der Waals surface area contributed by atoms with E-state index in [4.69, 9.17) is 5.73 Å². The molecule has 25 heavy (non-hydrogen) atoms. The van der Waals surface area contributed by atoms with E-state index in [0.29, 0.717) is 16.9 Å². The van der Waals surface area contributed by atoms with Gasteiger partial charge in [-0.2, -0.15) is 0 Å². The van der Waals surface area contributed by atoms with Crippen LogP contribution < -0.4 is 45.7 Å². The molecule has 2 aliphatic rings. The fourth-order valence-electron chi connectivity index (χ4n) is 2.82. The van der Waals surface area contributed by atoms with Gasteiger partial charge in [0.25, 0.3) is 5.91 Å².